The smallest absolute Gasteiger partial charge is 0.227 e. The maximum Gasteiger partial charge on any atom is 0.227 e. The van der Waals surface area contributed by atoms with Gasteiger partial charge in [-0.2, -0.15) is 0 Å². The molecule has 0 unspecified atom stereocenters. The SMILES string of the molecule is CCCc1nc(-c2cc(OC)ccn2)c(-c2ccnc(Nc3ccc(OCCN4CCCC4)c(Cl)c3)n2)s1. The number of pyridine rings is 1. The lowest BCUT2D eigenvalue weighted by atomic mass is 10.2. The molecule has 198 valence electrons. The standard InChI is InChI=1S/C28H31ClN6O2S/c1-3-6-25-34-26(23-18-20(36-2)9-11-30-23)27(38-25)22-10-12-31-28(33-22)32-19-7-8-24(21(29)17-19)37-16-15-35-13-4-5-14-35/h7-12,17-18H,3-6,13-16H2,1-2H3,(H,31,32,33). The topological polar surface area (TPSA) is 85.3 Å². The molecule has 0 spiro atoms. The third-order valence-electron chi connectivity index (χ3n) is 6.29. The molecule has 0 aliphatic carbocycles. The van der Waals surface area contributed by atoms with Crippen molar-refractivity contribution >= 4 is 34.6 Å². The van der Waals surface area contributed by atoms with E-state index in [1.807, 2.05) is 36.4 Å². The van der Waals surface area contributed by atoms with Crippen LogP contribution in [0.1, 0.15) is 31.2 Å². The van der Waals surface area contributed by atoms with E-state index >= 15 is 0 Å². The van der Waals surface area contributed by atoms with Crippen molar-refractivity contribution in [3.05, 3.63) is 58.8 Å². The molecule has 10 heteroatoms. The number of anilines is 2. The monoisotopic (exact) mass is 550 g/mol. The summed E-state index contributed by atoms with van der Waals surface area (Å²) in [6.07, 6.45) is 7.91. The molecule has 1 aromatic carbocycles. The van der Waals surface area contributed by atoms with E-state index in [2.05, 4.69) is 27.1 Å². The molecule has 0 bridgehead atoms. The van der Waals surface area contributed by atoms with Gasteiger partial charge in [-0.05, 0) is 69.1 Å². The number of methoxy groups -OCH3 is 1. The molecule has 1 aliphatic heterocycles. The predicted octanol–water partition coefficient (Wildman–Crippen LogP) is 6.49. The summed E-state index contributed by atoms with van der Waals surface area (Å²) in [6, 6.07) is 11.2. The zero-order chi connectivity index (χ0) is 26.3. The van der Waals surface area contributed by atoms with Crippen molar-refractivity contribution in [3.63, 3.8) is 0 Å². The molecule has 5 rings (SSSR count). The minimum absolute atomic E-state index is 0.469. The second kappa shape index (κ2) is 12.5. The Hall–Kier alpha value is -3.27. The molecule has 1 aliphatic rings. The van der Waals surface area contributed by atoms with Gasteiger partial charge in [-0.1, -0.05) is 18.5 Å². The highest BCUT2D eigenvalue weighted by Crippen LogP contribution is 2.37. The van der Waals surface area contributed by atoms with Crippen LogP contribution in [0.5, 0.6) is 11.5 Å². The molecule has 4 aromatic rings. The van der Waals surface area contributed by atoms with Crippen LogP contribution in [-0.2, 0) is 6.42 Å². The van der Waals surface area contributed by atoms with Crippen molar-refractivity contribution in [1.29, 1.82) is 0 Å². The second-order valence-corrected chi connectivity index (χ2v) is 10.5. The summed E-state index contributed by atoms with van der Waals surface area (Å²) in [5, 5.41) is 4.86. The molecular formula is C28H31ClN6O2S. The quantitative estimate of drug-likeness (QED) is 0.227. The van der Waals surface area contributed by atoms with Gasteiger partial charge >= 0.3 is 0 Å². The van der Waals surface area contributed by atoms with Gasteiger partial charge in [0.1, 0.15) is 23.8 Å². The summed E-state index contributed by atoms with van der Waals surface area (Å²) in [5.74, 6) is 1.88. The van der Waals surface area contributed by atoms with Crippen molar-refractivity contribution in [1.82, 2.24) is 24.8 Å². The second-order valence-electron chi connectivity index (χ2n) is 9.05. The summed E-state index contributed by atoms with van der Waals surface area (Å²) in [7, 11) is 1.64. The number of nitrogens with zero attached hydrogens (tertiary/aromatic N) is 5. The zero-order valence-electron chi connectivity index (χ0n) is 21.6. The normalized spacial score (nSPS) is 13.6. The van der Waals surface area contributed by atoms with Crippen LogP contribution in [0.25, 0.3) is 22.0 Å². The first kappa shape index (κ1) is 26.3. The van der Waals surface area contributed by atoms with Crippen LogP contribution in [-0.4, -0.2) is 58.2 Å². The molecule has 3 aromatic heterocycles. The van der Waals surface area contributed by atoms with Gasteiger partial charge in [-0.3, -0.25) is 9.88 Å². The van der Waals surface area contributed by atoms with Crippen LogP contribution in [0.3, 0.4) is 0 Å². The van der Waals surface area contributed by atoms with Crippen LogP contribution in [0.15, 0.2) is 48.8 Å². The van der Waals surface area contributed by atoms with Gasteiger partial charge in [-0.15, -0.1) is 11.3 Å². The third-order valence-corrected chi connectivity index (χ3v) is 7.72. The van der Waals surface area contributed by atoms with Crippen LogP contribution in [0.4, 0.5) is 11.6 Å². The number of hydrogen-bond donors (Lipinski definition) is 1. The number of thiazole rings is 1. The predicted molar refractivity (Wildman–Crippen MR) is 153 cm³/mol. The van der Waals surface area contributed by atoms with Gasteiger partial charge in [-0.25, -0.2) is 15.0 Å². The summed E-state index contributed by atoms with van der Waals surface area (Å²) in [4.78, 5) is 22.0. The van der Waals surface area contributed by atoms with Gasteiger partial charge in [0.05, 0.1) is 33.4 Å². The van der Waals surface area contributed by atoms with E-state index in [-0.39, 0.29) is 0 Å². The highest BCUT2D eigenvalue weighted by Gasteiger charge is 2.18. The Labute approximate surface area is 232 Å². The van der Waals surface area contributed by atoms with E-state index < -0.39 is 0 Å². The first-order valence-corrected chi connectivity index (χ1v) is 14.1. The highest BCUT2D eigenvalue weighted by atomic mass is 35.5. The lowest BCUT2D eigenvalue weighted by molar-refractivity contribution is 0.238. The van der Waals surface area contributed by atoms with Crippen molar-refractivity contribution in [3.8, 4) is 33.5 Å². The summed E-state index contributed by atoms with van der Waals surface area (Å²) < 4.78 is 11.3. The van der Waals surface area contributed by atoms with Crippen molar-refractivity contribution in [2.75, 3.05) is 38.7 Å². The number of hydrogen-bond acceptors (Lipinski definition) is 9. The fourth-order valence-corrected chi connectivity index (χ4v) is 5.74. The van der Waals surface area contributed by atoms with E-state index in [1.54, 1.807) is 30.8 Å². The average molecular weight is 551 g/mol. The Balaban J connectivity index is 1.34. The summed E-state index contributed by atoms with van der Waals surface area (Å²) in [6.45, 7) is 5.99. The van der Waals surface area contributed by atoms with E-state index in [0.29, 0.717) is 23.3 Å². The van der Waals surface area contributed by atoms with E-state index in [9.17, 15) is 0 Å². The van der Waals surface area contributed by atoms with Crippen LogP contribution < -0.4 is 14.8 Å². The van der Waals surface area contributed by atoms with Gasteiger partial charge in [0.2, 0.25) is 5.95 Å². The minimum Gasteiger partial charge on any atom is -0.497 e. The average Bonchev–Trinajstić information content (AvgIpc) is 3.61. The Morgan fingerprint density at radius 1 is 1.03 bits per heavy atom. The van der Waals surface area contributed by atoms with E-state index in [1.165, 1.54) is 12.8 Å². The molecule has 0 atom stereocenters. The fourth-order valence-electron chi connectivity index (χ4n) is 4.36. The molecule has 1 fully saturated rings. The Bertz CT molecular complexity index is 1380. The van der Waals surface area contributed by atoms with Crippen LogP contribution in [0, 0.1) is 0 Å². The number of halogens is 1. The van der Waals surface area contributed by atoms with Gasteiger partial charge in [0.25, 0.3) is 0 Å². The summed E-state index contributed by atoms with van der Waals surface area (Å²) >= 11 is 8.15. The third kappa shape index (κ3) is 6.40. The maximum absolute atomic E-state index is 6.52. The number of rotatable bonds is 11. The number of aryl methyl sites for hydroxylation is 1. The molecule has 0 amide bonds. The first-order valence-electron chi connectivity index (χ1n) is 12.9. The van der Waals surface area contributed by atoms with E-state index in [4.69, 9.17) is 31.0 Å². The maximum atomic E-state index is 6.52. The van der Waals surface area contributed by atoms with Crippen molar-refractivity contribution in [2.24, 2.45) is 0 Å². The number of benzene rings is 1. The summed E-state index contributed by atoms with van der Waals surface area (Å²) in [5.41, 5.74) is 3.10. The number of aromatic nitrogens is 4. The highest BCUT2D eigenvalue weighted by molar-refractivity contribution is 7.15. The van der Waals surface area contributed by atoms with Crippen LogP contribution in [0.2, 0.25) is 5.02 Å². The Morgan fingerprint density at radius 3 is 2.66 bits per heavy atom. The van der Waals surface area contributed by atoms with Crippen molar-refractivity contribution in [2.45, 2.75) is 32.6 Å². The Kier molecular flexibility index (Phi) is 8.68. The Morgan fingerprint density at radius 2 is 1.87 bits per heavy atom. The van der Waals surface area contributed by atoms with Crippen LogP contribution >= 0.6 is 22.9 Å². The number of likely N-dealkylation sites (tertiary alicyclic amines) is 1. The lowest BCUT2D eigenvalue weighted by Crippen LogP contribution is -2.25. The molecule has 8 nitrogen and oxygen atoms in total. The number of nitrogens with one attached hydrogen (secondary N) is 1. The number of ether oxygens (including phenoxy) is 2. The molecule has 0 radical (unpaired) electrons. The molecule has 0 saturated carbocycles. The molecule has 38 heavy (non-hydrogen) atoms. The van der Waals surface area contributed by atoms with Crippen molar-refractivity contribution < 1.29 is 9.47 Å². The molecular weight excluding hydrogens is 520 g/mol. The van der Waals surface area contributed by atoms with Gasteiger partial charge < -0.3 is 14.8 Å². The molecule has 1 saturated heterocycles. The lowest BCUT2D eigenvalue weighted by Gasteiger charge is -2.16. The van der Waals surface area contributed by atoms with E-state index in [0.717, 1.165) is 70.9 Å². The van der Waals surface area contributed by atoms with Gasteiger partial charge in [0.15, 0.2) is 0 Å². The fraction of sp³-hybridized carbons (Fsp3) is 0.357. The largest absolute Gasteiger partial charge is 0.497 e. The minimum atomic E-state index is 0.469. The van der Waals surface area contributed by atoms with Gasteiger partial charge in [0, 0.05) is 30.7 Å². The first-order chi connectivity index (χ1) is 18.6. The molecule has 4 heterocycles. The zero-order valence-corrected chi connectivity index (χ0v) is 23.2. The molecule has 1 N–H and O–H groups in total.